The van der Waals surface area contributed by atoms with Gasteiger partial charge in [-0.15, -0.1) is 0 Å². The summed E-state index contributed by atoms with van der Waals surface area (Å²) in [4.78, 5) is 18.4. The minimum Gasteiger partial charge on any atom is -0.342 e. The Bertz CT molecular complexity index is 552. The van der Waals surface area contributed by atoms with Crippen LogP contribution >= 0.6 is 0 Å². The zero-order valence-corrected chi connectivity index (χ0v) is 12.2. The van der Waals surface area contributed by atoms with Gasteiger partial charge in [-0.25, -0.2) is 4.98 Å². The molecule has 0 aromatic carbocycles. The third-order valence-electron chi connectivity index (χ3n) is 5.73. The molecule has 2 saturated carbocycles. The SMILES string of the molecule is O=C(C1CCC2(CC2)C1)N1CCC(c2ccc(F)nc2)C1. The third-order valence-corrected chi connectivity index (χ3v) is 5.73. The number of carbonyl (C=O) groups is 1. The lowest BCUT2D eigenvalue weighted by Crippen LogP contribution is -2.33. The van der Waals surface area contributed by atoms with Gasteiger partial charge in [-0.1, -0.05) is 6.07 Å². The largest absolute Gasteiger partial charge is 0.342 e. The van der Waals surface area contributed by atoms with Crippen LogP contribution in [0.15, 0.2) is 18.3 Å². The highest BCUT2D eigenvalue weighted by molar-refractivity contribution is 5.79. The van der Waals surface area contributed by atoms with Crippen LogP contribution in [-0.2, 0) is 4.79 Å². The first-order valence-corrected chi connectivity index (χ1v) is 8.05. The van der Waals surface area contributed by atoms with E-state index >= 15 is 0 Å². The molecule has 112 valence electrons. The van der Waals surface area contributed by atoms with Gasteiger partial charge in [0.25, 0.3) is 0 Å². The normalized spacial score (nSPS) is 30.0. The van der Waals surface area contributed by atoms with E-state index in [9.17, 15) is 9.18 Å². The van der Waals surface area contributed by atoms with E-state index < -0.39 is 5.95 Å². The van der Waals surface area contributed by atoms with Gasteiger partial charge in [0.2, 0.25) is 11.9 Å². The number of likely N-dealkylation sites (tertiary alicyclic amines) is 1. The van der Waals surface area contributed by atoms with E-state index in [1.807, 2.05) is 4.90 Å². The van der Waals surface area contributed by atoms with E-state index in [4.69, 9.17) is 0 Å². The number of carbonyl (C=O) groups excluding carboxylic acids is 1. The van der Waals surface area contributed by atoms with Gasteiger partial charge < -0.3 is 4.90 Å². The average Bonchev–Trinajstić information content (AvgIpc) is 2.90. The van der Waals surface area contributed by atoms with Crippen LogP contribution in [0.1, 0.15) is 50.0 Å². The Morgan fingerprint density at radius 3 is 2.81 bits per heavy atom. The van der Waals surface area contributed by atoms with Crippen molar-refractivity contribution in [3.05, 3.63) is 29.8 Å². The minimum absolute atomic E-state index is 0.262. The molecule has 1 aromatic heterocycles. The number of pyridine rings is 1. The summed E-state index contributed by atoms with van der Waals surface area (Å²) in [7, 11) is 0. The number of hydrogen-bond acceptors (Lipinski definition) is 2. The lowest BCUT2D eigenvalue weighted by Gasteiger charge is -2.21. The summed E-state index contributed by atoms with van der Waals surface area (Å²) in [5, 5.41) is 0. The van der Waals surface area contributed by atoms with Crippen molar-refractivity contribution in [2.75, 3.05) is 13.1 Å². The van der Waals surface area contributed by atoms with Crippen molar-refractivity contribution in [2.24, 2.45) is 11.3 Å². The maximum atomic E-state index is 12.9. The molecule has 1 spiro atoms. The number of hydrogen-bond donors (Lipinski definition) is 0. The van der Waals surface area contributed by atoms with Gasteiger partial charge in [-0.2, -0.15) is 4.39 Å². The van der Waals surface area contributed by atoms with Crippen molar-refractivity contribution >= 4 is 5.91 Å². The van der Waals surface area contributed by atoms with Gasteiger partial charge in [-0.05, 0) is 55.6 Å². The molecule has 3 aliphatic rings. The fraction of sp³-hybridized carbons (Fsp3) is 0.647. The second-order valence-corrected chi connectivity index (χ2v) is 7.12. The highest BCUT2D eigenvalue weighted by Crippen LogP contribution is 2.59. The van der Waals surface area contributed by atoms with Gasteiger partial charge in [0, 0.05) is 31.1 Å². The molecule has 0 N–H and O–H groups in total. The van der Waals surface area contributed by atoms with Crippen molar-refractivity contribution in [1.82, 2.24) is 9.88 Å². The third kappa shape index (κ3) is 2.45. The molecule has 3 nitrogen and oxygen atoms in total. The molecule has 0 bridgehead atoms. The van der Waals surface area contributed by atoms with Gasteiger partial charge >= 0.3 is 0 Å². The molecular formula is C17H21FN2O. The summed E-state index contributed by atoms with van der Waals surface area (Å²) >= 11 is 0. The summed E-state index contributed by atoms with van der Waals surface area (Å²) in [6.45, 7) is 1.61. The number of rotatable bonds is 2. The molecule has 4 rings (SSSR count). The molecule has 2 aliphatic carbocycles. The van der Waals surface area contributed by atoms with E-state index in [1.54, 1.807) is 12.3 Å². The van der Waals surface area contributed by atoms with Crippen LogP contribution in [0.2, 0.25) is 0 Å². The smallest absolute Gasteiger partial charge is 0.225 e. The maximum absolute atomic E-state index is 12.9. The van der Waals surface area contributed by atoms with Crippen LogP contribution in [0, 0.1) is 17.3 Å². The summed E-state index contributed by atoms with van der Waals surface area (Å²) < 4.78 is 12.9. The van der Waals surface area contributed by atoms with E-state index in [2.05, 4.69) is 4.98 Å². The van der Waals surface area contributed by atoms with Crippen LogP contribution < -0.4 is 0 Å². The lowest BCUT2D eigenvalue weighted by atomic mass is 10.00. The number of amides is 1. The van der Waals surface area contributed by atoms with Crippen LogP contribution in [0.3, 0.4) is 0 Å². The number of nitrogens with zero attached hydrogens (tertiary/aromatic N) is 2. The van der Waals surface area contributed by atoms with E-state index in [0.29, 0.717) is 17.2 Å². The molecule has 2 atom stereocenters. The quantitative estimate of drug-likeness (QED) is 0.783. The average molecular weight is 288 g/mol. The van der Waals surface area contributed by atoms with Gasteiger partial charge in [-0.3, -0.25) is 4.79 Å². The molecule has 2 unspecified atom stereocenters. The summed E-state index contributed by atoms with van der Waals surface area (Å²) in [6, 6.07) is 3.21. The Labute approximate surface area is 124 Å². The zero-order valence-electron chi connectivity index (χ0n) is 12.2. The van der Waals surface area contributed by atoms with Gasteiger partial charge in [0.1, 0.15) is 0 Å². The van der Waals surface area contributed by atoms with E-state index in [-0.39, 0.29) is 5.92 Å². The number of aromatic nitrogens is 1. The highest BCUT2D eigenvalue weighted by Gasteiger charge is 2.50. The fourth-order valence-electron chi connectivity index (χ4n) is 4.17. The second kappa shape index (κ2) is 4.79. The predicted molar refractivity (Wildman–Crippen MR) is 77.1 cm³/mol. The molecule has 4 heteroatoms. The topological polar surface area (TPSA) is 33.2 Å². The van der Waals surface area contributed by atoms with Crippen molar-refractivity contribution in [2.45, 2.75) is 44.4 Å². The van der Waals surface area contributed by atoms with E-state index in [1.165, 1.54) is 25.3 Å². The summed E-state index contributed by atoms with van der Waals surface area (Å²) in [5.74, 6) is 0.498. The van der Waals surface area contributed by atoms with Crippen LogP contribution in [0.4, 0.5) is 4.39 Å². The van der Waals surface area contributed by atoms with Crippen molar-refractivity contribution in [1.29, 1.82) is 0 Å². The number of halogens is 1. The van der Waals surface area contributed by atoms with Crippen LogP contribution in [0.25, 0.3) is 0 Å². The minimum atomic E-state index is -0.439. The molecular weight excluding hydrogens is 267 g/mol. The van der Waals surface area contributed by atoms with Crippen molar-refractivity contribution in [3.63, 3.8) is 0 Å². The predicted octanol–water partition coefficient (Wildman–Crippen LogP) is 3.12. The molecule has 21 heavy (non-hydrogen) atoms. The Morgan fingerprint density at radius 2 is 2.14 bits per heavy atom. The zero-order chi connectivity index (χ0) is 14.4. The summed E-state index contributed by atoms with van der Waals surface area (Å²) in [6.07, 6.45) is 8.70. The first kappa shape index (κ1) is 13.2. The van der Waals surface area contributed by atoms with Gasteiger partial charge in [0.05, 0.1) is 0 Å². The monoisotopic (exact) mass is 288 g/mol. The molecule has 2 heterocycles. The van der Waals surface area contributed by atoms with Crippen LogP contribution in [0.5, 0.6) is 0 Å². The Morgan fingerprint density at radius 1 is 1.29 bits per heavy atom. The van der Waals surface area contributed by atoms with Crippen LogP contribution in [-0.4, -0.2) is 28.9 Å². The highest BCUT2D eigenvalue weighted by atomic mass is 19.1. The van der Waals surface area contributed by atoms with Crippen molar-refractivity contribution in [3.8, 4) is 0 Å². The maximum Gasteiger partial charge on any atom is 0.225 e. The second-order valence-electron chi connectivity index (χ2n) is 7.12. The molecule has 1 aromatic rings. The molecule has 3 fully saturated rings. The fourth-order valence-corrected chi connectivity index (χ4v) is 4.17. The molecule has 1 saturated heterocycles. The first-order chi connectivity index (χ1) is 10.2. The first-order valence-electron chi connectivity index (χ1n) is 8.05. The van der Waals surface area contributed by atoms with Gasteiger partial charge in [0.15, 0.2) is 0 Å². The molecule has 0 radical (unpaired) electrons. The Balaban J connectivity index is 1.39. The van der Waals surface area contributed by atoms with Crippen molar-refractivity contribution < 1.29 is 9.18 Å². The lowest BCUT2D eigenvalue weighted by molar-refractivity contribution is -0.134. The Hall–Kier alpha value is -1.45. The Kier molecular flexibility index (Phi) is 3.02. The molecule has 1 amide bonds. The summed E-state index contributed by atoms with van der Waals surface area (Å²) in [5.41, 5.74) is 1.61. The van der Waals surface area contributed by atoms with E-state index in [0.717, 1.165) is 37.9 Å². The standard InChI is InChI=1S/C17H21FN2O/c18-15-2-1-13(10-19-15)14-4-8-20(11-14)16(21)12-3-5-17(9-12)6-7-17/h1-2,10,12,14H,3-9,11H2. The molecule has 1 aliphatic heterocycles.